The Labute approximate surface area is 283 Å². The Bertz CT molecular complexity index is 759. The molecule has 0 aliphatic rings. The number of aliphatic hydroxyl groups is 2. The highest BCUT2D eigenvalue weighted by atomic mass is 16.6. The molecule has 0 saturated carbocycles. The number of unbranched alkanes of at least 4 members (excludes halogenated alkanes) is 20. The van der Waals surface area contributed by atoms with E-state index in [1.807, 2.05) is 24.3 Å². The van der Waals surface area contributed by atoms with Gasteiger partial charge in [-0.25, -0.2) is 0 Å². The first-order chi connectivity index (χ1) is 22.5. The normalized spacial score (nSPS) is 13.2. The third-order valence-corrected chi connectivity index (χ3v) is 8.28. The van der Waals surface area contributed by atoms with Crippen LogP contribution >= 0.6 is 0 Å². The molecule has 0 radical (unpaired) electrons. The van der Waals surface area contributed by atoms with Crippen molar-refractivity contribution in [1.82, 2.24) is 0 Å². The van der Waals surface area contributed by atoms with Crippen LogP contribution < -0.4 is 0 Å². The first-order valence-corrected chi connectivity index (χ1v) is 19.2. The molecule has 0 fully saturated rings. The summed E-state index contributed by atoms with van der Waals surface area (Å²) in [6.45, 7) is 3.91. The first-order valence-electron chi connectivity index (χ1n) is 19.2. The van der Waals surface area contributed by atoms with Crippen molar-refractivity contribution in [2.24, 2.45) is 0 Å². The molecule has 0 rings (SSSR count). The molecule has 0 spiro atoms. The minimum absolute atomic E-state index is 0.0858. The van der Waals surface area contributed by atoms with E-state index in [9.17, 15) is 19.8 Å². The van der Waals surface area contributed by atoms with Crippen LogP contribution in [0.15, 0.2) is 36.5 Å². The van der Waals surface area contributed by atoms with Gasteiger partial charge < -0.3 is 19.7 Å². The monoisotopic (exact) mass is 649 g/mol. The zero-order chi connectivity index (χ0) is 33.8. The minimum atomic E-state index is -0.794. The quantitative estimate of drug-likeness (QED) is 0.0312. The number of rotatable bonds is 34. The average molecular weight is 649 g/mol. The largest absolute Gasteiger partial charge is 0.462 e. The summed E-state index contributed by atoms with van der Waals surface area (Å²) in [5, 5.41) is 19.3. The predicted octanol–water partition coefficient (Wildman–Crippen LogP) is 10.6. The molecule has 0 heterocycles. The molecule has 1 unspecified atom stereocenters. The fraction of sp³-hybridized carbons (Fsp3) is 0.800. The van der Waals surface area contributed by atoms with Gasteiger partial charge in [0.1, 0.15) is 6.61 Å². The van der Waals surface area contributed by atoms with Crippen LogP contribution in [0.4, 0.5) is 0 Å². The number of carbonyl (C=O) groups excluding carboxylic acids is 2. The zero-order valence-electron chi connectivity index (χ0n) is 29.9. The Balaban J connectivity index is 3.61. The molecule has 0 aromatic heterocycles. The second-order valence-corrected chi connectivity index (χ2v) is 12.8. The molecule has 0 saturated heterocycles. The summed E-state index contributed by atoms with van der Waals surface area (Å²) in [7, 11) is 0. The average Bonchev–Trinajstić information content (AvgIpc) is 3.05. The first kappa shape index (κ1) is 44.1. The van der Waals surface area contributed by atoms with E-state index in [1.165, 1.54) is 83.5 Å². The van der Waals surface area contributed by atoms with Crippen molar-refractivity contribution in [3.8, 4) is 0 Å². The highest BCUT2D eigenvalue weighted by Gasteiger charge is 2.16. The molecule has 46 heavy (non-hydrogen) atoms. The van der Waals surface area contributed by atoms with Gasteiger partial charge in [-0.15, -0.1) is 0 Å². The molecule has 0 aliphatic heterocycles. The maximum atomic E-state index is 12.1. The lowest BCUT2D eigenvalue weighted by atomic mass is 10.0. The summed E-state index contributed by atoms with van der Waals surface area (Å²) in [6.07, 6.45) is 39.6. The number of aliphatic hydroxyl groups excluding tert-OH is 2. The summed E-state index contributed by atoms with van der Waals surface area (Å²) >= 11 is 0. The molecule has 0 aliphatic carbocycles. The van der Waals surface area contributed by atoms with Gasteiger partial charge in [-0.1, -0.05) is 166 Å². The molecule has 268 valence electrons. The summed E-state index contributed by atoms with van der Waals surface area (Å²) in [5.74, 6) is -0.641. The Morgan fingerprint density at radius 3 is 1.63 bits per heavy atom. The molecule has 0 aromatic rings. The summed E-state index contributed by atoms with van der Waals surface area (Å²) in [4.78, 5) is 24.2. The predicted molar refractivity (Wildman–Crippen MR) is 193 cm³/mol. The molecule has 2 N–H and O–H groups in total. The maximum absolute atomic E-state index is 12.1. The van der Waals surface area contributed by atoms with E-state index in [4.69, 9.17) is 9.47 Å². The van der Waals surface area contributed by atoms with Gasteiger partial charge in [-0.3, -0.25) is 9.59 Å². The Kier molecular flexibility index (Phi) is 34.4. The lowest BCUT2D eigenvalue weighted by molar-refractivity contribution is -0.161. The van der Waals surface area contributed by atoms with Crippen molar-refractivity contribution in [2.75, 3.05) is 13.2 Å². The van der Waals surface area contributed by atoms with Gasteiger partial charge in [0.2, 0.25) is 0 Å². The van der Waals surface area contributed by atoms with E-state index in [-0.39, 0.29) is 25.2 Å². The third-order valence-electron chi connectivity index (χ3n) is 8.28. The number of ether oxygens (including phenoxy) is 2. The van der Waals surface area contributed by atoms with E-state index in [0.29, 0.717) is 19.3 Å². The van der Waals surface area contributed by atoms with Gasteiger partial charge in [0, 0.05) is 12.8 Å². The van der Waals surface area contributed by atoms with Crippen LogP contribution in [0.1, 0.15) is 181 Å². The Morgan fingerprint density at radius 1 is 0.609 bits per heavy atom. The van der Waals surface area contributed by atoms with Crippen LogP contribution in [-0.4, -0.2) is 47.6 Å². The summed E-state index contributed by atoms with van der Waals surface area (Å²) in [5.41, 5.74) is 0. The number of carbonyl (C=O) groups is 2. The highest BCUT2D eigenvalue weighted by Crippen LogP contribution is 2.14. The van der Waals surface area contributed by atoms with Crippen molar-refractivity contribution < 1.29 is 29.3 Å². The van der Waals surface area contributed by atoms with Crippen molar-refractivity contribution in [3.63, 3.8) is 0 Å². The second-order valence-electron chi connectivity index (χ2n) is 12.8. The van der Waals surface area contributed by atoms with E-state index < -0.39 is 12.2 Å². The Morgan fingerprint density at radius 2 is 1.11 bits per heavy atom. The molecule has 2 atom stereocenters. The van der Waals surface area contributed by atoms with Crippen molar-refractivity contribution in [3.05, 3.63) is 36.5 Å². The van der Waals surface area contributed by atoms with E-state index in [0.717, 1.165) is 64.2 Å². The van der Waals surface area contributed by atoms with Crippen LogP contribution in [-0.2, 0) is 19.1 Å². The van der Waals surface area contributed by atoms with Gasteiger partial charge in [-0.05, 0) is 38.5 Å². The number of hydrogen-bond donors (Lipinski definition) is 2. The zero-order valence-corrected chi connectivity index (χ0v) is 29.9. The molecule has 0 bridgehead atoms. The van der Waals surface area contributed by atoms with Gasteiger partial charge in [-0.2, -0.15) is 0 Å². The van der Waals surface area contributed by atoms with E-state index >= 15 is 0 Å². The summed E-state index contributed by atoms with van der Waals surface area (Å²) < 4.78 is 10.6. The lowest BCUT2D eigenvalue weighted by Gasteiger charge is -2.15. The fourth-order valence-electron chi connectivity index (χ4n) is 5.35. The van der Waals surface area contributed by atoms with E-state index in [1.54, 1.807) is 0 Å². The van der Waals surface area contributed by atoms with Gasteiger partial charge in [0.05, 0.1) is 12.7 Å². The number of allylic oxidation sites excluding steroid dienone is 4. The van der Waals surface area contributed by atoms with Crippen LogP contribution in [0.5, 0.6) is 0 Å². The van der Waals surface area contributed by atoms with Crippen molar-refractivity contribution in [1.29, 1.82) is 0 Å². The molecular weight excluding hydrogens is 576 g/mol. The summed E-state index contributed by atoms with van der Waals surface area (Å²) in [6, 6.07) is 0. The smallest absolute Gasteiger partial charge is 0.306 e. The molecule has 6 nitrogen and oxygen atoms in total. The number of hydrogen-bond acceptors (Lipinski definition) is 6. The molecule has 0 amide bonds. The minimum Gasteiger partial charge on any atom is -0.462 e. The lowest BCUT2D eigenvalue weighted by Crippen LogP contribution is -2.28. The highest BCUT2D eigenvalue weighted by molar-refractivity contribution is 5.70. The number of esters is 2. The van der Waals surface area contributed by atoms with Gasteiger partial charge in [0.15, 0.2) is 6.10 Å². The van der Waals surface area contributed by atoms with Gasteiger partial charge >= 0.3 is 11.9 Å². The molecule has 0 aromatic carbocycles. The second kappa shape index (κ2) is 35.9. The maximum Gasteiger partial charge on any atom is 0.306 e. The van der Waals surface area contributed by atoms with Crippen molar-refractivity contribution >= 4 is 11.9 Å². The molecular formula is C40H72O6. The topological polar surface area (TPSA) is 93.1 Å². The SMILES string of the molecule is CC/C=C/CC(O)/C=C/C=C/CCCCCCCC(=O)O[C@@H](CO)COC(=O)CCCCCCCCCCCCCCCCCC. The Hall–Kier alpha value is -1.92. The van der Waals surface area contributed by atoms with Crippen LogP contribution in [0.25, 0.3) is 0 Å². The van der Waals surface area contributed by atoms with Crippen LogP contribution in [0.3, 0.4) is 0 Å². The van der Waals surface area contributed by atoms with E-state index in [2.05, 4.69) is 26.0 Å². The van der Waals surface area contributed by atoms with Crippen LogP contribution in [0.2, 0.25) is 0 Å². The standard InChI is InChI=1S/C40H72O6/c1-3-5-7-8-9-10-11-12-13-14-15-16-19-22-25-29-33-39(43)45-36-38(35-41)46-40(44)34-30-26-23-20-17-18-21-24-28-32-37(42)31-27-6-4-2/h6,21,24,27-28,32,37-38,41-42H,3-5,7-20,22-23,25-26,29-31,33-36H2,1-2H3/b24-21+,27-6+,32-28+/t37?,38-/m0/s1. The fourth-order valence-corrected chi connectivity index (χ4v) is 5.35. The molecule has 6 heteroatoms. The van der Waals surface area contributed by atoms with Crippen LogP contribution in [0, 0.1) is 0 Å². The third kappa shape index (κ3) is 33.4. The van der Waals surface area contributed by atoms with Crippen molar-refractivity contribution in [2.45, 2.75) is 193 Å². The van der Waals surface area contributed by atoms with Gasteiger partial charge in [0.25, 0.3) is 0 Å².